The van der Waals surface area contributed by atoms with Crippen LogP contribution in [0.5, 0.6) is 0 Å². The Bertz CT molecular complexity index is 216. The molecule has 0 aromatic rings. The standard InChI is InChI=1S/C11H19ClO4/c1-3-4-11(14)16-8-10(13)7-15-6-5-9(2)12/h3-4,9-10,13H,5-8H2,1-2H3/b4-3+. The summed E-state index contributed by atoms with van der Waals surface area (Å²) in [7, 11) is 0. The molecule has 4 nitrogen and oxygen atoms in total. The first-order valence-electron chi connectivity index (χ1n) is 5.25. The van der Waals surface area contributed by atoms with E-state index in [0.717, 1.165) is 6.42 Å². The summed E-state index contributed by atoms with van der Waals surface area (Å²) in [5.41, 5.74) is 0. The predicted molar refractivity (Wildman–Crippen MR) is 62.5 cm³/mol. The third-order valence-electron chi connectivity index (χ3n) is 1.69. The lowest BCUT2D eigenvalue weighted by Crippen LogP contribution is -2.23. The first-order chi connectivity index (χ1) is 7.56. The van der Waals surface area contributed by atoms with Crippen molar-refractivity contribution in [2.75, 3.05) is 19.8 Å². The molecule has 0 radical (unpaired) electrons. The normalized spacial score (nSPS) is 15.0. The molecule has 0 saturated heterocycles. The summed E-state index contributed by atoms with van der Waals surface area (Å²) in [4.78, 5) is 10.9. The van der Waals surface area contributed by atoms with Crippen molar-refractivity contribution in [3.63, 3.8) is 0 Å². The van der Waals surface area contributed by atoms with Crippen molar-refractivity contribution >= 4 is 17.6 Å². The number of aliphatic hydroxyl groups excluding tert-OH is 1. The molecule has 0 aromatic heterocycles. The monoisotopic (exact) mass is 250 g/mol. The number of esters is 1. The summed E-state index contributed by atoms with van der Waals surface area (Å²) in [6, 6.07) is 0. The lowest BCUT2D eigenvalue weighted by atomic mass is 10.3. The Kier molecular flexibility index (Phi) is 9.28. The maximum Gasteiger partial charge on any atom is 0.330 e. The van der Waals surface area contributed by atoms with Crippen molar-refractivity contribution in [3.8, 4) is 0 Å². The third kappa shape index (κ3) is 9.96. The molecule has 1 N–H and O–H groups in total. The first kappa shape index (κ1) is 15.4. The van der Waals surface area contributed by atoms with Crippen LogP contribution in [0.4, 0.5) is 0 Å². The largest absolute Gasteiger partial charge is 0.460 e. The Morgan fingerprint density at radius 1 is 1.50 bits per heavy atom. The molecule has 0 aliphatic carbocycles. The van der Waals surface area contributed by atoms with Gasteiger partial charge < -0.3 is 14.6 Å². The third-order valence-corrected chi connectivity index (χ3v) is 1.91. The maximum atomic E-state index is 10.9. The Morgan fingerprint density at radius 3 is 2.75 bits per heavy atom. The van der Waals surface area contributed by atoms with E-state index in [2.05, 4.69) is 0 Å². The number of hydrogen-bond donors (Lipinski definition) is 1. The van der Waals surface area contributed by atoms with Crippen LogP contribution in [0.3, 0.4) is 0 Å². The number of aliphatic hydroxyl groups is 1. The highest BCUT2D eigenvalue weighted by atomic mass is 35.5. The van der Waals surface area contributed by atoms with E-state index in [-0.39, 0.29) is 18.6 Å². The molecule has 0 amide bonds. The number of carbonyl (C=O) groups is 1. The van der Waals surface area contributed by atoms with Gasteiger partial charge in [-0.15, -0.1) is 11.6 Å². The van der Waals surface area contributed by atoms with Gasteiger partial charge in [0.15, 0.2) is 0 Å². The van der Waals surface area contributed by atoms with Gasteiger partial charge in [0.05, 0.1) is 6.61 Å². The number of carbonyl (C=O) groups excluding carboxylic acids is 1. The molecular weight excluding hydrogens is 232 g/mol. The zero-order valence-electron chi connectivity index (χ0n) is 9.69. The number of halogens is 1. The highest BCUT2D eigenvalue weighted by Gasteiger charge is 2.07. The fraction of sp³-hybridized carbons (Fsp3) is 0.727. The molecule has 0 bridgehead atoms. The van der Waals surface area contributed by atoms with Crippen LogP contribution in [0.25, 0.3) is 0 Å². The maximum absolute atomic E-state index is 10.9. The Labute approximate surface area is 101 Å². The fourth-order valence-electron chi connectivity index (χ4n) is 0.876. The molecule has 0 spiro atoms. The quantitative estimate of drug-likeness (QED) is 0.307. The van der Waals surface area contributed by atoms with E-state index >= 15 is 0 Å². The molecule has 0 aliphatic rings. The fourth-order valence-corrected chi connectivity index (χ4v) is 0.965. The van der Waals surface area contributed by atoms with Gasteiger partial charge in [-0.25, -0.2) is 4.79 Å². The van der Waals surface area contributed by atoms with Crippen LogP contribution in [0.1, 0.15) is 20.3 Å². The minimum Gasteiger partial charge on any atom is -0.460 e. The Hall–Kier alpha value is -0.580. The lowest BCUT2D eigenvalue weighted by molar-refractivity contribution is -0.141. The van der Waals surface area contributed by atoms with Crippen LogP contribution in [0, 0.1) is 0 Å². The minimum absolute atomic E-state index is 0.0560. The predicted octanol–water partition coefficient (Wildman–Crippen LogP) is 1.50. The Balaban J connectivity index is 3.44. The first-order valence-corrected chi connectivity index (χ1v) is 5.69. The van der Waals surface area contributed by atoms with Gasteiger partial charge in [0.1, 0.15) is 12.7 Å². The van der Waals surface area contributed by atoms with E-state index in [1.807, 2.05) is 6.92 Å². The average Bonchev–Trinajstić information content (AvgIpc) is 2.22. The molecule has 0 aliphatic heterocycles. The van der Waals surface area contributed by atoms with Gasteiger partial charge in [0.25, 0.3) is 0 Å². The molecule has 94 valence electrons. The Morgan fingerprint density at radius 2 is 2.19 bits per heavy atom. The second-order valence-electron chi connectivity index (χ2n) is 3.43. The van der Waals surface area contributed by atoms with Crippen LogP contribution in [0.2, 0.25) is 0 Å². The van der Waals surface area contributed by atoms with E-state index in [0.29, 0.717) is 6.61 Å². The molecule has 0 rings (SSSR count). The number of hydrogen-bond acceptors (Lipinski definition) is 4. The molecule has 0 fully saturated rings. The van der Waals surface area contributed by atoms with E-state index in [1.54, 1.807) is 13.0 Å². The van der Waals surface area contributed by atoms with Crippen molar-refractivity contribution in [1.29, 1.82) is 0 Å². The molecule has 0 saturated carbocycles. The van der Waals surface area contributed by atoms with E-state index in [4.69, 9.17) is 21.1 Å². The SMILES string of the molecule is C/C=C/C(=O)OCC(O)COCCC(C)Cl. The number of alkyl halides is 1. The smallest absolute Gasteiger partial charge is 0.330 e. The van der Waals surface area contributed by atoms with E-state index in [9.17, 15) is 9.90 Å². The molecule has 16 heavy (non-hydrogen) atoms. The van der Waals surface area contributed by atoms with Gasteiger partial charge in [0.2, 0.25) is 0 Å². The highest BCUT2D eigenvalue weighted by molar-refractivity contribution is 6.20. The van der Waals surface area contributed by atoms with Gasteiger partial charge in [-0.1, -0.05) is 6.08 Å². The lowest BCUT2D eigenvalue weighted by Gasteiger charge is -2.11. The summed E-state index contributed by atoms with van der Waals surface area (Å²) in [5, 5.41) is 9.43. The molecule has 0 aromatic carbocycles. The summed E-state index contributed by atoms with van der Waals surface area (Å²) >= 11 is 5.71. The second-order valence-corrected chi connectivity index (χ2v) is 4.17. The van der Waals surface area contributed by atoms with Crippen molar-refractivity contribution < 1.29 is 19.4 Å². The van der Waals surface area contributed by atoms with Gasteiger partial charge in [-0.05, 0) is 20.3 Å². The molecule has 2 unspecified atom stereocenters. The van der Waals surface area contributed by atoms with Crippen LogP contribution >= 0.6 is 11.6 Å². The molecular formula is C11H19ClO4. The van der Waals surface area contributed by atoms with Crippen molar-refractivity contribution in [2.45, 2.75) is 31.7 Å². The summed E-state index contributed by atoms with van der Waals surface area (Å²) < 4.78 is 9.90. The van der Waals surface area contributed by atoms with Gasteiger partial charge in [-0.2, -0.15) is 0 Å². The summed E-state index contributed by atoms with van der Waals surface area (Å²) in [6.45, 7) is 4.17. The van der Waals surface area contributed by atoms with Crippen molar-refractivity contribution in [3.05, 3.63) is 12.2 Å². The van der Waals surface area contributed by atoms with Gasteiger partial charge in [0, 0.05) is 18.1 Å². The summed E-state index contributed by atoms with van der Waals surface area (Å²) in [5.74, 6) is -0.462. The van der Waals surface area contributed by atoms with Gasteiger partial charge in [-0.3, -0.25) is 0 Å². The van der Waals surface area contributed by atoms with Crippen LogP contribution in [0.15, 0.2) is 12.2 Å². The zero-order valence-corrected chi connectivity index (χ0v) is 10.4. The number of ether oxygens (including phenoxy) is 2. The van der Waals surface area contributed by atoms with E-state index in [1.165, 1.54) is 6.08 Å². The minimum atomic E-state index is -0.792. The van der Waals surface area contributed by atoms with Crippen LogP contribution in [-0.2, 0) is 14.3 Å². The zero-order chi connectivity index (χ0) is 12.4. The molecule has 2 atom stereocenters. The number of allylic oxidation sites excluding steroid dienone is 1. The molecule has 0 heterocycles. The highest BCUT2D eigenvalue weighted by Crippen LogP contribution is 2.00. The number of rotatable bonds is 8. The van der Waals surface area contributed by atoms with Crippen LogP contribution < -0.4 is 0 Å². The topological polar surface area (TPSA) is 55.8 Å². The van der Waals surface area contributed by atoms with Gasteiger partial charge >= 0.3 is 5.97 Å². The van der Waals surface area contributed by atoms with E-state index < -0.39 is 12.1 Å². The van der Waals surface area contributed by atoms with Crippen molar-refractivity contribution in [1.82, 2.24) is 0 Å². The second kappa shape index (κ2) is 9.63. The van der Waals surface area contributed by atoms with Crippen LogP contribution in [-0.4, -0.2) is 42.4 Å². The van der Waals surface area contributed by atoms with Crippen molar-refractivity contribution in [2.24, 2.45) is 0 Å². The summed E-state index contributed by atoms with van der Waals surface area (Å²) in [6.07, 6.45) is 2.81. The average molecular weight is 251 g/mol. The molecule has 5 heteroatoms.